The number of carbonyl (C=O) groups is 1. The number of rotatable bonds is 5. The lowest BCUT2D eigenvalue weighted by Crippen LogP contribution is -2.12. The molecule has 1 aromatic carbocycles. The Kier molecular flexibility index (Phi) is 5.04. The van der Waals surface area contributed by atoms with E-state index in [-0.39, 0.29) is 11.6 Å². The summed E-state index contributed by atoms with van der Waals surface area (Å²) in [7, 11) is 3.14. The molecule has 1 amide bonds. The zero-order valence-electron chi connectivity index (χ0n) is 15.9. The second-order valence-electron chi connectivity index (χ2n) is 6.84. The van der Waals surface area contributed by atoms with Crippen LogP contribution in [0.1, 0.15) is 34.4 Å². The second kappa shape index (κ2) is 7.63. The molecule has 0 bridgehead atoms. The summed E-state index contributed by atoms with van der Waals surface area (Å²) in [4.78, 5) is 18.4. The summed E-state index contributed by atoms with van der Waals surface area (Å²) in [6, 6.07) is 6.97. The number of methoxy groups -OCH3 is 2. The summed E-state index contributed by atoms with van der Waals surface area (Å²) in [5.74, 6) is 1.99. The van der Waals surface area contributed by atoms with E-state index in [2.05, 4.69) is 22.4 Å². The average Bonchev–Trinajstić information content (AvgIpc) is 3.34. The van der Waals surface area contributed by atoms with E-state index in [1.165, 1.54) is 4.88 Å². The zero-order valence-corrected chi connectivity index (χ0v) is 16.8. The highest BCUT2D eigenvalue weighted by atomic mass is 32.1. The largest absolute Gasteiger partial charge is 0.493 e. The number of ether oxygens (including phenoxy) is 2. The minimum atomic E-state index is -0.338. The van der Waals surface area contributed by atoms with Crippen LogP contribution in [-0.2, 0) is 12.8 Å². The first-order valence-corrected chi connectivity index (χ1v) is 9.88. The third kappa shape index (κ3) is 3.60. The Hall–Kier alpha value is -2.87. The normalized spacial score (nSPS) is 15.8. The minimum absolute atomic E-state index is 0.200. The fraction of sp³-hybridized carbons (Fsp3) is 0.350. The molecule has 0 saturated carbocycles. The van der Waals surface area contributed by atoms with Crippen LogP contribution in [0.4, 0.5) is 5.13 Å². The molecule has 0 spiro atoms. The van der Waals surface area contributed by atoms with Crippen molar-refractivity contribution in [2.75, 3.05) is 19.5 Å². The van der Waals surface area contributed by atoms with Crippen LogP contribution in [0, 0.1) is 5.92 Å². The predicted octanol–water partition coefficient (Wildman–Crippen LogP) is 4.19. The summed E-state index contributed by atoms with van der Waals surface area (Å²) < 4.78 is 15.9. The van der Waals surface area contributed by atoms with Crippen molar-refractivity contribution in [2.24, 2.45) is 5.92 Å². The van der Waals surface area contributed by atoms with Gasteiger partial charge in [-0.05, 0) is 43.4 Å². The molecule has 4 rings (SSSR count). The smallest absolute Gasteiger partial charge is 0.279 e. The Balaban J connectivity index is 1.51. The van der Waals surface area contributed by atoms with Gasteiger partial charge in [-0.3, -0.25) is 10.1 Å². The summed E-state index contributed by atoms with van der Waals surface area (Å²) in [6.07, 6.45) is 3.13. The van der Waals surface area contributed by atoms with Crippen LogP contribution < -0.4 is 14.8 Å². The summed E-state index contributed by atoms with van der Waals surface area (Å²) in [6.45, 7) is 2.24. The number of aromatic nitrogens is 2. The Morgan fingerprint density at radius 2 is 2.07 bits per heavy atom. The standard InChI is InChI=1S/C20H21N3O4S/c1-11-4-6-13-18(8-11)28-20(21-13)22-19(24)14-10-16(27-23-14)12-5-7-15(25-2)17(9-12)26-3/h5,7,9-11H,4,6,8H2,1-3H3,(H,21,22,24)/t11-/m0/s1. The van der Waals surface area contributed by atoms with Crippen molar-refractivity contribution in [3.63, 3.8) is 0 Å². The molecule has 0 aliphatic heterocycles. The van der Waals surface area contributed by atoms with E-state index in [1.807, 2.05) is 6.07 Å². The van der Waals surface area contributed by atoms with Crippen molar-refractivity contribution < 1.29 is 18.8 Å². The van der Waals surface area contributed by atoms with E-state index >= 15 is 0 Å². The first kappa shape index (κ1) is 18.5. The van der Waals surface area contributed by atoms with E-state index in [0.717, 1.165) is 30.5 Å². The maximum atomic E-state index is 12.5. The number of hydrogen-bond donors (Lipinski definition) is 1. The molecule has 3 aromatic rings. The Morgan fingerprint density at radius 3 is 2.86 bits per heavy atom. The fourth-order valence-corrected chi connectivity index (χ4v) is 4.43. The van der Waals surface area contributed by atoms with Gasteiger partial charge in [-0.25, -0.2) is 4.98 Å². The van der Waals surface area contributed by atoms with Crippen LogP contribution in [0.2, 0.25) is 0 Å². The summed E-state index contributed by atoms with van der Waals surface area (Å²) >= 11 is 1.54. The minimum Gasteiger partial charge on any atom is -0.493 e. The van der Waals surface area contributed by atoms with Crippen LogP contribution in [0.25, 0.3) is 11.3 Å². The molecule has 7 nitrogen and oxygen atoms in total. The molecule has 1 atom stereocenters. The lowest BCUT2D eigenvalue weighted by atomic mass is 9.93. The van der Waals surface area contributed by atoms with E-state index in [9.17, 15) is 4.79 Å². The van der Waals surface area contributed by atoms with Crippen molar-refractivity contribution in [1.29, 1.82) is 0 Å². The van der Waals surface area contributed by atoms with Crippen LogP contribution in [0.3, 0.4) is 0 Å². The zero-order chi connectivity index (χ0) is 19.7. The predicted molar refractivity (Wildman–Crippen MR) is 106 cm³/mol. The van der Waals surface area contributed by atoms with Crippen LogP contribution >= 0.6 is 11.3 Å². The number of benzene rings is 1. The summed E-state index contributed by atoms with van der Waals surface area (Å²) in [5.41, 5.74) is 2.04. The third-order valence-corrected chi connectivity index (χ3v) is 5.85. The fourth-order valence-electron chi connectivity index (χ4n) is 3.26. The van der Waals surface area contributed by atoms with Gasteiger partial charge >= 0.3 is 0 Å². The van der Waals surface area contributed by atoms with Crippen LogP contribution in [0.15, 0.2) is 28.8 Å². The molecule has 28 heavy (non-hydrogen) atoms. The van der Waals surface area contributed by atoms with Crippen molar-refractivity contribution in [1.82, 2.24) is 10.1 Å². The van der Waals surface area contributed by atoms with Gasteiger partial charge < -0.3 is 14.0 Å². The maximum absolute atomic E-state index is 12.5. The summed E-state index contributed by atoms with van der Waals surface area (Å²) in [5, 5.41) is 7.35. The van der Waals surface area contributed by atoms with Crippen LogP contribution in [-0.4, -0.2) is 30.3 Å². The average molecular weight is 399 g/mol. The number of nitrogens with one attached hydrogen (secondary N) is 1. The second-order valence-corrected chi connectivity index (χ2v) is 7.92. The monoisotopic (exact) mass is 399 g/mol. The highest BCUT2D eigenvalue weighted by Crippen LogP contribution is 2.34. The molecular formula is C20H21N3O4S. The van der Waals surface area contributed by atoms with E-state index < -0.39 is 0 Å². The number of aryl methyl sites for hydroxylation is 1. The number of nitrogens with zero attached hydrogens (tertiary/aromatic N) is 2. The van der Waals surface area contributed by atoms with E-state index in [0.29, 0.717) is 28.3 Å². The van der Waals surface area contributed by atoms with Gasteiger partial charge in [0.25, 0.3) is 5.91 Å². The van der Waals surface area contributed by atoms with Crippen molar-refractivity contribution in [3.05, 3.63) is 40.5 Å². The van der Waals surface area contributed by atoms with Gasteiger partial charge in [0.2, 0.25) is 0 Å². The lowest BCUT2D eigenvalue weighted by Gasteiger charge is -2.15. The molecule has 0 radical (unpaired) electrons. The molecule has 1 N–H and O–H groups in total. The highest BCUT2D eigenvalue weighted by molar-refractivity contribution is 7.15. The SMILES string of the molecule is COc1ccc(-c2cc(C(=O)Nc3nc4c(s3)C[C@@H](C)CC4)no2)cc1OC. The van der Waals surface area contributed by atoms with Gasteiger partial charge in [0.15, 0.2) is 28.1 Å². The van der Waals surface area contributed by atoms with Gasteiger partial charge in [-0.1, -0.05) is 12.1 Å². The molecule has 146 valence electrons. The van der Waals surface area contributed by atoms with Gasteiger partial charge in [0.05, 0.1) is 19.9 Å². The molecular weight excluding hydrogens is 378 g/mol. The first-order valence-electron chi connectivity index (χ1n) is 9.06. The van der Waals surface area contributed by atoms with Gasteiger partial charge in [0, 0.05) is 16.5 Å². The van der Waals surface area contributed by atoms with Gasteiger partial charge in [-0.2, -0.15) is 0 Å². The Labute approximate surface area is 166 Å². The quantitative estimate of drug-likeness (QED) is 0.692. The molecule has 1 aliphatic carbocycles. The maximum Gasteiger partial charge on any atom is 0.279 e. The molecule has 0 unspecified atom stereocenters. The van der Waals surface area contributed by atoms with Gasteiger partial charge in [0.1, 0.15) is 0 Å². The Bertz CT molecular complexity index is 1010. The van der Waals surface area contributed by atoms with Crippen molar-refractivity contribution >= 4 is 22.4 Å². The topological polar surface area (TPSA) is 86.5 Å². The Morgan fingerprint density at radius 1 is 1.25 bits per heavy atom. The number of anilines is 1. The highest BCUT2D eigenvalue weighted by Gasteiger charge is 2.22. The number of fused-ring (bicyclic) bond motifs is 1. The van der Waals surface area contributed by atoms with Crippen molar-refractivity contribution in [2.45, 2.75) is 26.2 Å². The molecule has 0 saturated heterocycles. The number of hydrogen-bond acceptors (Lipinski definition) is 7. The molecule has 2 aromatic heterocycles. The lowest BCUT2D eigenvalue weighted by molar-refractivity contribution is 0.101. The third-order valence-electron chi connectivity index (χ3n) is 4.82. The van der Waals surface area contributed by atoms with E-state index in [4.69, 9.17) is 14.0 Å². The molecule has 0 fully saturated rings. The molecule has 8 heteroatoms. The van der Waals surface area contributed by atoms with Gasteiger partial charge in [-0.15, -0.1) is 11.3 Å². The number of thiazole rings is 1. The number of carbonyl (C=O) groups excluding carboxylic acids is 1. The molecule has 1 aliphatic rings. The van der Waals surface area contributed by atoms with E-state index in [1.54, 1.807) is 43.8 Å². The number of amides is 1. The van der Waals surface area contributed by atoms with Crippen LogP contribution in [0.5, 0.6) is 11.5 Å². The van der Waals surface area contributed by atoms with Crippen molar-refractivity contribution in [3.8, 4) is 22.8 Å². The first-order chi connectivity index (χ1) is 13.6. The molecule has 2 heterocycles.